The Morgan fingerprint density at radius 1 is 0.783 bits per heavy atom. The number of amides is 1. The van der Waals surface area contributed by atoms with Crippen LogP contribution in [0.4, 0.5) is 11.4 Å². The molecule has 10 nitrogen and oxygen atoms in total. The highest BCUT2D eigenvalue weighted by molar-refractivity contribution is 8.77. The Kier molecular flexibility index (Phi) is 11.1. The average Bonchev–Trinajstić information content (AvgIpc) is 3.78. The third-order valence-corrected chi connectivity index (χ3v) is 15.1. The minimum Gasteiger partial charge on any atom is -0.493 e. The van der Waals surface area contributed by atoms with E-state index in [9.17, 15) is 9.59 Å². The highest BCUT2D eigenvalue weighted by atomic mass is 33.1. The lowest BCUT2D eigenvalue weighted by Gasteiger charge is -2.22. The minimum absolute atomic E-state index is 0.114. The van der Waals surface area contributed by atoms with E-state index < -0.39 is 0 Å². The van der Waals surface area contributed by atoms with Crippen molar-refractivity contribution in [1.82, 2.24) is 9.55 Å². The van der Waals surface area contributed by atoms with Gasteiger partial charge in [-0.25, -0.2) is 4.98 Å². The number of aliphatic imine (C=N–C) groups is 1. The van der Waals surface area contributed by atoms with Crippen LogP contribution in [-0.2, 0) is 31.8 Å². The Hall–Kier alpha value is -5.37. The van der Waals surface area contributed by atoms with Crippen molar-refractivity contribution in [2.24, 2.45) is 4.99 Å². The third kappa shape index (κ3) is 7.74. The number of thioether (sulfide) groups is 1. The summed E-state index contributed by atoms with van der Waals surface area (Å²) in [6.07, 6.45) is 5.28. The molecule has 1 aromatic heterocycles. The molecule has 0 saturated heterocycles. The van der Waals surface area contributed by atoms with E-state index in [2.05, 4.69) is 44.4 Å². The largest absolute Gasteiger partial charge is 0.493 e. The van der Waals surface area contributed by atoms with Crippen LogP contribution in [0.1, 0.15) is 57.8 Å². The predicted molar refractivity (Wildman–Crippen MR) is 245 cm³/mol. The number of benzene rings is 5. The molecule has 3 aliphatic rings. The standard InChI is InChI=1S/C47H44N4O6S3/c1-47(2,60-58-5)27-59-26-30-15-28(24-56-42-21-36-34(19-40(42)54-3)45(52)50-33(23-48-36)17-31-10-6-8-12-38(31)50)14-29(16-30)25-57-43-22-37-35(20-41(43)55-4)46(53)51-39-13-9-7-11-32(39)18-44(51)49-37/h6-16,19-23,33H,17-18,24-27H2,1-5H3/t33-/m0/s1. The molecular formula is C47H44N4O6S3. The van der Waals surface area contributed by atoms with Gasteiger partial charge in [0.1, 0.15) is 19.0 Å². The second-order valence-corrected chi connectivity index (χ2v) is 19.7. The molecule has 0 saturated carbocycles. The predicted octanol–water partition coefficient (Wildman–Crippen LogP) is 9.78. The summed E-state index contributed by atoms with van der Waals surface area (Å²) in [6.45, 7) is 5.03. The maximum absolute atomic E-state index is 14.0. The molecule has 6 aromatic rings. The van der Waals surface area contributed by atoms with E-state index in [1.165, 1.54) is 0 Å². The fourth-order valence-electron chi connectivity index (χ4n) is 8.19. The number of hydrogen-bond donors (Lipinski definition) is 0. The molecule has 0 spiro atoms. The van der Waals surface area contributed by atoms with Crippen LogP contribution in [0.15, 0.2) is 101 Å². The first-order valence-corrected chi connectivity index (χ1v) is 23.4. The maximum atomic E-state index is 14.0. The van der Waals surface area contributed by atoms with E-state index in [-0.39, 0.29) is 35.5 Å². The van der Waals surface area contributed by atoms with Crippen LogP contribution in [-0.4, -0.2) is 58.7 Å². The summed E-state index contributed by atoms with van der Waals surface area (Å²) in [5.41, 5.74) is 8.47. The molecule has 0 fully saturated rings. The number of anilines is 1. The highest BCUT2D eigenvalue weighted by Gasteiger charge is 2.36. The van der Waals surface area contributed by atoms with E-state index in [4.69, 9.17) is 28.9 Å². The van der Waals surface area contributed by atoms with Gasteiger partial charge in [0, 0.05) is 53.1 Å². The monoisotopic (exact) mass is 856 g/mol. The molecule has 306 valence electrons. The van der Waals surface area contributed by atoms with Crippen LogP contribution in [0.3, 0.4) is 0 Å². The number of ether oxygens (including phenoxy) is 4. The summed E-state index contributed by atoms with van der Waals surface area (Å²) in [6, 6.07) is 29.2. The lowest BCUT2D eigenvalue weighted by molar-refractivity contribution is 0.0986. The lowest BCUT2D eigenvalue weighted by Crippen LogP contribution is -2.37. The molecule has 0 unspecified atom stereocenters. The number of rotatable bonds is 14. The van der Waals surface area contributed by atoms with Gasteiger partial charge in [0.25, 0.3) is 11.5 Å². The van der Waals surface area contributed by atoms with Crippen molar-refractivity contribution in [3.8, 4) is 28.7 Å². The Bertz CT molecular complexity index is 2750. The summed E-state index contributed by atoms with van der Waals surface area (Å²) in [7, 11) is 6.83. The molecule has 3 aliphatic heterocycles. The fraction of sp³-hybridized carbons (Fsp3) is 0.277. The van der Waals surface area contributed by atoms with E-state index in [0.717, 1.165) is 57.1 Å². The van der Waals surface area contributed by atoms with Crippen LogP contribution in [0.2, 0.25) is 0 Å². The molecule has 9 rings (SSSR count). The van der Waals surface area contributed by atoms with Crippen molar-refractivity contribution >= 4 is 67.7 Å². The third-order valence-electron chi connectivity index (χ3n) is 10.9. The SMILES string of the molecule is COc1cc2c(cc1OCc1cc(COc3cc4nc5n(c(=O)c4cc3OC)-c3ccccc3C5)cc(CSCC(C)(C)SSC)c1)N=C[C@@H]1Cc3ccccc3N1C2=O. The molecule has 1 amide bonds. The summed E-state index contributed by atoms with van der Waals surface area (Å²) in [4.78, 5) is 39.3. The van der Waals surface area contributed by atoms with Gasteiger partial charge in [-0.05, 0) is 78.3 Å². The summed E-state index contributed by atoms with van der Waals surface area (Å²) in [5.74, 6) is 4.29. The van der Waals surface area contributed by atoms with Gasteiger partial charge in [-0.1, -0.05) is 70.1 Å². The highest BCUT2D eigenvalue weighted by Crippen LogP contribution is 2.42. The van der Waals surface area contributed by atoms with Gasteiger partial charge in [-0.15, -0.1) is 0 Å². The number of hydrogen-bond acceptors (Lipinski definition) is 11. The number of carbonyl (C=O) groups is 1. The average molecular weight is 857 g/mol. The second kappa shape index (κ2) is 16.6. The molecule has 60 heavy (non-hydrogen) atoms. The number of nitrogens with zero attached hydrogens (tertiary/aromatic N) is 4. The van der Waals surface area contributed by atoms with Crippen molar-refractivity contribution in [2.45, 2.75) is 56.4 Å². The molecule has 0 radical (unpaired) electrons. The number of aromatic nitrogens is 2. The fourth-order valence-corrected chi connectivity index (χ4v) is 11.9. The van der Waals surface area contributed by atoms with Crippen molar-refractivity contribution in [3.05, 3.63) is 141 Å². The Balaban J connectivity index is 0.981. The Labute approximate surface area is 361 Å². The molecule has 13 heteroatoms. The molecule has 0 N–H and O–H groups in total. The molecule has 1 atom stereocenters. The zero-order chi connectivity index (χ0) is 41.5. The number of methoxy groups -OCH3 is 2. The summed E-state index contributed by atoms with van der Waals surface area (Å²) >= 11 is 1.89. The van der Waals surface area contributed by atoms with E-state index in [0.29, 0.717) is 57.4 Å². The second-order valence-electron chi connectivity index (χ2n) is 15.6. The minimum atomic E-state index is -0.156. The number of para-hydroxylation sites is 2. The quantitative estimate of drug-likeness (QED) is 0.0983. The molecule has 0 bridgehead atoms. The maximum Gasteiger partial charge on any atom is 0.266 e. The first-order valence-electron chi connectivity index (χ1n) is 19.7. The van der Waals surface area contributed by atoms with Gasteiger partial charge in [-0.3, -0.25) is 24.0 Å². The van der Waals surface area contributed by atoms with Gasteiger partial charge in [0.05, 0.1) is 48.1 Å². The first kappa shape index (κ1) is 40.1. The number of fused-ring (bicyclic) bond motifs is 8. The van der Waals surface area contributed by atoms with E-state index >= 15 is 0 Å². The molecular weight excluding hydrogens is 813 g/mol. The van der Waals surface area contributed by atoms with Crippen molar-refractivity contribution < 1.29 is 23.7 Å². The van der Waals surface area contributed by atoms with Crippen molar-refractivity contribution in [1.29, 1.82) is 0 Å². The smallest absolute Gasteiger partial charge is 0.266 e. The van der Waals surface area contributed by atoms with Crippen LogP contribution < -0.4 is 29.4 Å². The van der Waals surface area contributed by atoms with Crippen LogP contribution in [0, 0.1) is 0 Å². The van der Waals surface area contributed by atoms with Crippen LogP contribution in [0.25, 0.3) is 16.6 Å². The van der Waals surface area contributed by atoms with Crippen molar-refractivity contribution in [2.75, 3.05) is 31.1 Å². The molecule has 0 aliphatic carbocycles. The Morgan fingerprint density at radius 3 is 2.18 bits per heavy atom. The van der Waals surface area contributed by atoms with Crippen molar-refractivity contribution in [3.63, 3.8) is 0 Å². The van der Waals surface area contributed by atoms with E-state index in [1.54, 1.807) is 53.8 Å². The summed E-state index contributed by atoms with van der Waals surface area (Å²) < 4.78 is 26.3. The zero-order valence-electron chi connectivity index (χ0n) is 34.0. The topological polar surface area (TPSA) is 104 Å². The molecule has 4 heterocycles. The van der Waals surface area contributed by atoms with Crippen LogP contribution in [0.5, 0.6) is 23.0 Å². The number of carbonyl (C=O) groups excluding carboxylic acids is 1. The van der Waals surface area contributed by atoms with Gasteiger partial charge in [0.2, 0.25) is 0 Å². The lowest BCUT2D eigenvalue weighted by atomic mass is 10.1. The Morgan fingerprint density at radius 2 is 1.45 bits per heavy atom. The van der Waals surface area contributed by atoms with Gasteiger partial charge in [-0.2, -0.15) is 11.8 Å². The normalized spacial score (nSPS) is 14.9. The first-order chi connectivity index (χ1) is 29.1. The van der Waals surface area contributed by atoms with Gasteiger partial charge < -0.3 is 18.9 Å². The van der Waals surface area contributed by atoms with Gasteiger partial charge >= 0.3 is 0 Å². The van der Waals surface area contributed by atoms with E-state index in [1.807, 2.05) is 76.1 Å². The molecule has 5 aromatic carbocycles. The van der Waals surface area contributed by atoms with Crippen LogP contribution >= 0.6 is 33.3 Å². The van der Waals surface area contributed by atoms with Gasteiger partial charge in [0.15, 0.2) is 23.0 Å². The summed E-state index contributed by atoms with van der Waals surface area (Å²) in [5, 5.41) is 0.467. The zero-order valence-corrected chi connectivity index (χ0v) is 36.5.